The Morgan fingerprint density at radius 1 is 1.00 bits per heavy atom. The molecule has 3 fully saturated rings. The van der Waals surface area contributed by atoms with E-state index >= 15 is 0 Å². The van der Waals surface area contributed by atoms with Gasteiger partial charge in [0.2, 0.25) is 0 Å². The summed E-state index contributed by atoms with van der Waals surface area (Å²) in [6.45, 7) is 3.67. The van der Waals surface area contributed by atoms with E-state index in [1.54, 1.807) is 25.7 Å². The van der Waals surface area contributed by atoms with Crippen molar-refractivity contribution >= 4 is 0 Å². The summed E-state index contributed by atoms with van der Waals surface area (Å²) >= 11 is 0. The first-order chi connectivity index (χ1) is 6.84. The largest absolute Gasteiger partial charge is 0.314 e. The Hall–Kier alpha value is -0.0400. The third kappa shape index (κ3) is 1.41. The van der Waals surface area contributed by atoms with Crippen molar-refractivity contribution in [2.75, 3.05) is 6.54 Å². The average molecular weight is 193 g/mol. The smallest absolute Gasteiger partial charge is 0.00697 e. The predicted octanol–water partition coefficient (Wildman–Crippen LogP) is 2.81. The zero-order valence-electron chi connectivity index (χ0n) is 9.34. The fourth-order valence-corrected chi connectivity index (χ4v) is 4.47. The molecule has 0 aromatic carbocycles. The minimum atomic E-state index is 0.799. The summed E-state index contributed by atoms with van der Waals surface area (Å²) < 4.78 is 0. The molecule has 3 rings (SSSR count). The van der Waals surface area contributed by atoms with Crippen LogP contribution in [0.2, 0.25) is 0 Å². The van der Waals surface area contributed by atoms with Crippen LogP contribution >= 0.6 is 0 Å². The van der Waals surface area contributed by atoms with Crippen molar-refractivity contribution in [2.45, 2.75) is 51.5 Å². The van der Waals surface area contributed by atoms with Crippen LogP contribution in [0.3, 0.4) is 0 Å². The monoisotopic (exact) mass is 193 g/mol. The van der Waals surface area contributed by atoms with Crippen molar-refractivity contribution in [3.8, 4) is 0 Å². The number of piperidine rings is 1. The minimum absolute atomic E-state index is 0.799. The van der Waals surface area contributed by atoms with Crippen molar-refractivity contribution in [1.82, 2.24) is 5.32 Å². The van der Waals surface area contributed by atoms with E-state index in [0.717, 1.165) is 29.7 Å². The molecule has 1 N–H and O–H groups in total. The molecule has 5 unspecified atom stereocenters. The molecule has 14 heavy (non-hydrogen) atoms. The van der Waals surface area contributed by atoms with Crippen molar-refractivity contribution in [3.05, 3.63) is 0 Å². The lowest BCUT2D eigenvalue weighted by molar-refractivity contribution is 0.152. The van der Waals surface area contributed by atoms with Gasteiger partial charge >= 0.3 is 0 Å². The van der Waals surface area contributed by atoms with Crippen LogP contribution in [-0.2, 0) is 0 Å². The van der Waals surface area contributed by atoms with E-state index in [-0.39, 0.29) is 0 Å². The second-order valence-corrected chi connectivity index (χ2v) is 5.89. The quantitative estimate of drug-likeness (QED) is 0.675. The van der Waals surface area contributed by atoms with Crippen molar-refractivity contribution in [2.24, 2.45) is 23.7 Å². The van der Waals surface area contributed by atoms with Gasteiger partial charge in [0.05, 0.1) is 0 Å². The highest BCUT2D eigenvalue weighted by Gasteiger charge is 2.44. The van der Waals surface area contributed by atoms with Crippen LogP contribution in [0, 0.1) is 23.7 Å². The molecule has 5 atom stereocenters. The number of fused-ring (bicyclic) bond motifs is 2. The number of hydrogen-bond donors (Lipinski definition) is 1. The van der Waals surface area contributed by atoms with Crippen molar-refractivity contribution < 1.29 is 0 Å². The molecule has 0 spiro atoms. The molecule has 1 nitrogen and oxygen atoms in total. The Labute approximate surface area is 87.7 Å². The molecule has 2 saturated carbocycles. The highest BCUT2D eigenvalue weighted by molar-refractivity contribution is 4.96. The molecule has 0 aromatic heterocycles. The molecule has 80 valence electrons. The van der Waals surface area contributed by atoms with Crippen LogP contribution in [-0.4, -0.2) is 12.6 Å². The highest BCUT2D eigenvalue weighted by atomic mass is 14.9. The molecule has 0 aromatic rings. The first kappa shape index (κ1) is 9.21. The van der Waals surface area contributed by atoms with Crippen molar-refractivity contribution in [3.63, 3.8) is 0 Å². The zero-order chi connectivity index (χ0) is 9.54. The Bertz CT molecular complexity index is 213. The Kier molecular flexibility index (Phi) is 2.31. The minimum Gasteiger partial charge on any atom is -0.314 e. The van der Waals surface area contributed by atoms with Gasteiger partial charge in [0.15, 0.2) is 0 Å². The molecule has 2 aliphatic carbocycles. The van der Waals surface area contributed by atoms with Crippen LogP contribution in [0.4, 0.5) is 0 Å². The summed E-state index contributed by atoms with van der Waals surface area (Å²) in [5.41, 5.74) is 0. The molecule has 2 bridgehead atoms. The molecular weight excluding hydrogens is 170 g/mol. The van der Waals surface area contributed by atoms with E-state index < -0.39 is 0 Å². The Morgan fingerprint density at radius 3 is 2.57 bits per heavy atom. The van der Waals surface area contributed by atoms with E-state index in [0.29, 0.717) is 0 Å². The summed E-state index contributed by atoms with van der Waals surface area (Å²) in [7, 11) is 0. The van der Waals surface area contributed by atoms with Gasteiger partial charge < -0.3 is 5.32 Å². The van der Waals surface area contributed by atoms with E-state index in [2.05, 4.69) is 12.2 Å². The van der Waals surface area contributed by atoms with Crippen LogP contribution in [0.25, 0.3) is 0 Å². The molecule has 1 heteroatoms. The van der Waals surface area contributed by atoms with Gasteiger partial charge in [-0.05, 0) is 69.2 Å². The molecule has 0 radical (unpaired) electrons. The van der Waals surface area contributed by atoms with E-state index in [4.69, 9.17) is 0 Å². The summed E-state index contributed by atoms with van der Waals surface area (Å²) in [5.74, 6) is 4.35. The molecule has 3 aliphatic rings. The van der Waals surface area contributed by atoms with Gasteiger partial charge in [0, 0.05) is 6.04 Å². The first-order valence-corrected chi connectivity index (χ1v) is 6.58. The second-order valence-electron chi connectivity index (χ2n) is 5.89. The summed E-state index contributed by atoms with van der Waals surface area (Å²) in [4.78, 5) is 0. The van der Waals surface area contributed by atoms with Crippen LogP contribution in [0.1, 0.15) is 45.4 Å². The maximum Gasteiger partial charge on any atom is 0.00697 e. The lowest BCUT2D eigenvalue weighted by atomic mass is 9.73. The van der Waals surface area contributed by atoms with Gasteiger partial charge in [-0.15, -0.1) is 0 Å². The number of nitrogens with one attached hydrogen (secondary N) is 1. The standard InChI is InChI=1S/C13H23N/c1-9-12(3-2-6-14-9)13-8-10-4-5-11(13)7-10/h9-14H,2-8H2,1H3. The molecule has 1 aliphatic heterocycles. The van der Waals surface area contributed by atoms with E-state index in [9.17, 15) is 0 Å². The lowest BCUT2D eigenvalue weighted by Gasteiger charge is -2.38. The Morgan fingerprint density at radius 2 is 1.93 bits per heavy atom. The van der Waals surface area contributed by atoms with Gasteiger partial charge in [-0.1, -0.05) is 6.42 Å². The highest BCUT2D eigenvalue weighted by Crippen LogP contribution is 2.52. The van der Waals surface area contributed by atoms with Crippen LogP contribution in [0.5, 0.6) is 0 Å². The number of rotatable bonds is 1. The van der Waals surface area contributed by atoms with Gasteiger partial charge in [-0.2, -0.15) is 0 Å². The maximum absolute atomic E-state index is 3.67. The van der Waals surface area contributed by atoms with Gasteiger partial charge in [-0.3, -0.25) is 0 Å². The molecule has 1 heterocycles. The van der Waals surface area contributed by atoms with Gasteiger partial charge in [-0.25, -0.2) is 0 Å². The topological polar surface area (TPSA) is 12.0 Å². The number of hydrogen-bond acceptors (Lipinski definition) is 1. The van der Waals surface area contributed by atoms with Crippen LogP contribution < -0.4 is 5.32 Å². The van der Waals surface area contributed by atoms with Gasteiger partial charge in [0.25, 0.3) is 0 Å². The fourth-order valence-electron chi connectivity index (χ4n) is 4.47. The van der Waals surface area contributed by atoms with Crippen LogP contribution in [0.15, 0.2) is 0 Å². The normalized spacial score (nSPS) is 52.5. The third-order valence-electron chi connectivity index (χ3n) is 5.17. The summed E-state index contributed by atoms with van der Waals surface area (Å²) in [5, 5.41) is 3.67. The molecule has 1 saturated heterocycles. The van der Waals surface area contributed by atoms with E-state index in [1.165, 1.54) is 19.4 Å². The maximum atomic E-state index is 3.67. The molecule has 0 amide bonds. The zero-order valence-corrected chi connectivity index (χ0v) is 9.34. The SMILES string of the molecule is CC1NCCCC1C1CC2CCC1C2. The summed E-state index contributed by atoms with van der Waals surface area (Å²) in [6, 6.07) is 0.799. The average Bonchev–Trinajstić information content (AvgIpc) is 2.79. The third-order valence-corrected chi connectivity index (χ3v) is 5.17. The lowest BCUT2D eigenvalue weighted by Crippen LogP contribution is -2.43. The first-order valence-electron chi connectivity index (χ1n) is 6.58. The summed E-state index contributed by atoms with van der Waals surface area (Å²) in [6.07, 6.45) is 9.18. The second kappa shape index (κ2) is 3.52. The predicted molar refractivity (Wildman–Crippen MR) is 59.1 cm³/mol. The Balaban J connectivity index is 1.69. The van der Waals surface area contributed by atoms with Gasteiger partial charge in [0.1, 0.15) is 0 Å². The van der Waals surface area contributed by atoms with Crippen molar-refractivity contribution in [1.29, 1.82) is 0 Å². The fraction of sp³-hybridized carbons (Fsp3) is 1.00. The molecular formula is C13H23N. The van der Waals surface area contributed by atoms with E-state index in [1.807, 2.05) is 0 Å².